The van der Waals surface area contributed by atoms with Crippen molar-refractivity contribution in [2.75, 3.05) is 11.9 Å². The van der Waals surface area contributed by atoms with Gasteiger partial charge in [-0.3, -0.25) is 10.1 Å². The molecule has 16 heavy (non-hydrogen) atoms. The van der Waals surface area contributed by atoms with Crippen LogP contribution in [0, 0.1) is 10.1 Å². The average molecular weight is 234 g/mol. The lowest BCUT2D eigenvalue weighted by atomic mass is 10.1. The molecule has 1 rings (SSSR count). The summed E-state index contributed by atoms with van der Waals surface area (Å²) in [6.07, 6.45) is -4.50. The number of benzene rings is 1. The van der Waals surface area contributed by atoms with Gasteiger partial charge in [0.25, 0.3) is 5.69 Å². The first-order valence-electron chi connectivity index (χ1n) is 4.45. The maximum absolute atomic E-state index is 12.3. The third kappa shape index (κ3) is 2.62. The van der Waals surface area contributed by atoms with Gasteiger partial charge in [0.1, 0.15) is 5.69 Å². The lowest BCUT2D eigenvalue weighted by Gasteiger charge is -2.09. The second-order valence-electron chi connectivity index (χ2n) is 3.02. The zero-order valence-corrected chi connectivity index (χ0v) is 8.34. The fraction of sp³-hybridized carbons (Fsp3) is 0.333. The lowest BCUT2D eigenvalue weighted by molar-refractivity contribution is -0.384. The van der Waals surface area contributed by atoms with E-state index in [0.717, 1.165) is 12.1 Å². The summed E-state index contributed by atoms with van der Waals surface area (Å²) >= 11 is 0. The molecule has 88 valence electrons. The van der Waals surface area contributed by atoms with Gasteiger partial charge in [-0.25, -0.2) is 0 Å². The number of hydrogen-bond acceptors (Lipinski definition) is 3. The molecular weight excluding hydrogens is 225 g/mol. The van der Waals surface area contributed by atoms with Gasteiger partial charge >= 0.3 is 6.18 Å². The van der Waals surface area contributed by atoms with Gasteiger partial charge in [-0.1, -0.05) is 0 Å². The van der Waals surface area contributed by atoms with Crippen molar-refractivity contribution in [3.05, 3.63) is 33.9 Å². The van der Waals surface area contributed by atoms with Crippen molar-refractivity contribution in [2.45, 2.75) is 13.1 Å². The van der Waals surface area contributed by atoms with Crippen LogP contribution in [0.3, 0.4) is 0 Å². The number of anilines is 1. The highest BCUT2D eigenvalue weighted by molar-refractivity contribution is 5.63. The molecule has 0 bridgehead atoms. The lowest BCUT2D eigenvalue weighted by Crippen LogP contribution is -2.08. The topological polar surface area (TPSA) is 55.2 Å². The Bertz CT molecular complexity index is 404. The molecule has 0 aliphatic carbocycles. The minimum atomic E-state index is -4.50. The van der Waals surface area contributed by atoms with Gasteiger partial charge in [0.05, 0.1) is 10.5 Å². The predicted octanol–water partition coefficient (Wildman–Crippen LogP) is 3.05. The number of rotatable bonds is 3. The first-order valence-corrected chi connectivity index (χ1v) is 4.45. The Balaban J connectivity index is 3.22. The Morgan fingerprint density at radius 1 is 1.44 bits per heavy atom. The number of nitro groups is 1. The summed E-state index contributed by atoms with van der Waals surface area (Å²) < 4.78 is 37.0. The molecule has 0 aliphatic heterocycles. The fourth-order valence-corrected chi connectivity index (χ4v) is 1.20. The Morgan fingerprint density at radius 2 is 2.06 bits per heavy atom. The molecule has 0 fully saturated rings. The van der Waals surface area contributed by atoms with Gasteiger partial charge in [0.2, 0.25) is 0 Å². The van der Waals surface area contributed by atoms with Crippen molar-refractivity contribution in [3.63, 3.8) is 0 Å². The molecule has 0 aromatic heterocycles. The summed E-state index contributed by atoms with van der Waals surface area (Å²) in [6, 6.07) is 2.28. The smallest absolute Gasteiger partial charge is 0.380 e. The standard InChI is InChI=1S/C9H9F3N2O2/c1-2-13-7-5-6(9(10,11)12)3-4-8(7)14(15)16/h3-5,13H,2H2,1H3. The number of alkyl halides is 3. The van der Waals surface area contributed by atoms with Crippen LogP contribution in [0.25, 0.3) is 0 Å². The van der Waals surface area contributed by atoms with Crippen molar-refractivity contribution in [3.8, 4) is 0 Å². The van der Waals surface area contributed by atoms with E-state index in [1.807, 2.05) is 0 Å². The molecule has 0 unspecified atom stereocenters. The van der Waals surface area contributed by atoms with E-state index in [1.54, 1.807) is 6.92 Å². The minimum absolute atomic E-state index is 0.123. The summed E-state index contributed by atoms with van der Waals surface area (Å²) in [4.78, 5) is 9.82. The van der Waals surface area contributed by atoms with Crippen molar-refractivity contribution in [1.29, 1.82) is 0 Å². The van der Waals surface area contributed by atoms with Crippen LogP contribution in [0.1, 0.15) is 12.5 Å². The molecule has 0 radical (unpaired) electrons. The van der Waals surface area contributed by atoms with Crippen molar-refractivity contribution >= 4 is 11.4 Å². The Kier molecular flexibility index (Phi) is 3.36. The van der Waals surface area contributed by atoms with E-state index in [1.165, 1.54) is 0 Å². The van der Waals surface area contributed by atoms with E-state index in [2.05, 4.69) is 5.32 Å². The number of nitrogens with zero attached hydrogens (tertiary/aromatic N) is 1. The molecule has 0 saturated carbocycles. The van der Waals surface area contributed by atoms with Gasteiger partial charge in [0, 0.05) is 12.6 Å². The largest absolute Gasteiger partial charge is 0.416 e. The summed E-state index contributed by atoms with van der Waals surface area (Å²) in [6.45, 7) is 1.95. The second kappa shape index (κ2) is 4.38. The molecule has 1 aromatic carbocycles. The number of hydrogen-bond donors (Lipinski definition) is 1. The molecule has 0 amide bonds. The van der Waals surface area contributed by atoms with Crippen LogP contribution in [0.2, 0.25) is 0 Å². The Hall–Kier alpha value is -1.79. The fourth-order valence-electron chi connectivity index (χ4n) is 1.20. The normalized spacial score (nSPS) is 11.2. The minimum Gasteiger partial charge on any atom is -0.380 e. The molecule has 7 heteroatoms. The predicted molar refractivity (Wildman–Crippen MR) is 52.3 cm³/mol. The highest BCUT2D eigenvalue weighted by Crippen LogP contribution is 2.34. The van der Waals surface area contributed by atoms with Crippen LogP contribution in [-0.4, -0.2) is 11.5 Å². The summed E-state index contributed by atoms with van der Waals surface area (Å²) in [5.74, 6) is 0. The third-order valence-corrected chi connectivity index (χ3v) is 1.89. The van der Waals surface area contributed by atoms with E-state index in [0.29, 0.717) is 12.6 Å². The molecule has 1 N–H and O–H groups in total. The summed E-state index contributed by atoms with van der Waals surface area (Å²) in [5, 5.41) is 13.1. The molecule has 0 atom stereocenters. The van der Waals surface area contributed by atoms with Crippen LogP contribution in [-0.2, 0) is 6.18 Å². The maximum Gasteiger partial charge on any atom is 0.416 e. The quantitative estimate of drug-likeness (QED) is 0.646. The van der Waals surface area contributed by atoms with E-state index in [-0.39, 0.29) is 11.4 Å². The zero-order chi connectivity index (χ0) is 12.3. The molecule has 0 spiro atoms. The van der Waals surface area contributed by atoms with Gasteiger partial charge in [-0.15, -0.1) is 0 Å². The monoisotopic (exact) mass is 234 g/mol. The van der Waals surface area contributed by atoms with Crippen LogP contribution >= 0.6 is 0 Å². The zero-order valence-electron chi connectivity index (χ0n) is 8.34. The maximum atomic E-state index is 12.3. The van der Waals surface area contributed by atoms with Crippen molar-refractivity contribution in [1.82, 2.24) is 0 Å². The number of halogens is 3. The summed E-state index contributed by atoms with van der Waals surface area (Å²) in [5.41, 5.74) is -1.40. The molecule has 1 aromatic rings. The molecule has 0 heterocycles. The Morgan fingerprint density at radius 3 is 2.50 bits per heavy atom. The van der Waals surface area contributed by atoms with E-state index in [4.69, 9.17) is 0 Å². The molecule has 0 aliphatic rings. The first kappa shape index (κ1) is 12.3. The van der Waals surface area contributed by atoms with Crippen LogP contribution in [0.4, 0.5) is 24.5 Å². The molecular formula is C9H9F3N2O2. The van der Waals surface area contributed by atoms with Gasteiger partial charge < -0.3 is 5.32 Å². The third-order valence-electron chi connectivity index (χ3n) is 1.89. The van der Waals surface area contributed by atoms with Gasteiger partial charge in [-0.05, 0) is 19.1 Å². The first-order chi connectivity index (χ1) is 7.36. The van der Waals surface area contributed by atoms with Crippen molar-refractivity contribution < 1.29 is 18.1 Å². The highest BCUT2D eigenvalue weighted by Gasteiger charge is 2.32. The summed E-state index contributed by atoms with van der Waals surface area (Å²) in [7, 11) is 0. The van der Waals surface area contributed by atoms with E-state index < -0.39 is 16.7 Å². The van der Waals surface area contributed by atoms with Crippen LogP contribution in [0.5, 0.6) is 0 Å². The molecule has 0 saturated heterocycles. The number of nitrogens with one attached hydrogen (secondary N) is 1. The average Bonchev–Trinajstić information content (AvgIpc) is 2.16. The SMILES string of the molecule is CCNc1cc(C(F)(F)F)ccc1[N+](=O)[O-]. The van der Waals surface area contributed by atoms with Gasteiger partial charge in [0.15, 0.2) is 0 Å². The van der Waals surface area contributed by atoms with Crippen molar-refractivity contribution in [2.24, 2.45) is 0 Å². The van der Waals surface area contributed by atoms with E-state index in [9.17, 15) is 23.3 Å². The molecule has 4 nitrogen and oxygen atoms in total. The Labute approximate surface area is 89.2 Å². The number of nitro benzene ring substituents is 1. The highest BCUT2D eigenvalue weighted by atomic mass is 19.4. The van der Waals surface area contributed by atoms with E-state index >= 15 is 0 Å². The second-order valence-corrected chi connectivity index (χ2v) is 3.02. The van der Waals surface area contributed by atoms with Crippen LogP contribution < -0.4 is 5.32 Å². The van der Waals surface area contributed by atoms with Crippen LogP contribution in [0.15, 0.2) is 18.2 Å². The van der Waals surface area contributed by atoms with Gasteiger partial charge in [-0.2, -0.15) is 13.2 Å².